The summed E-state index contributed by atoms with van der Waals surface area (Å²) in [5, 5.41) is 8.75. The Morgan fingerprint density at radius 1 is 1.73 bits per heavy atom. The molecule has 11 heavy (non-hydrogen) atoms. The van der Waals surface area contributed by atoms with Crippen LogP contribution in [0.1, 0.15) is 5.56 Å². The highest BCUT2D eigenvalue weighted by Gasteiger charge is 2.20. The molecule has 54 valence electrons. The second-order valence-corrected chi connectivity index (χ2v) is 3.67. The second-order valence-electron chi connectivity index (χ2n) is 2.42. The van der Waals surface area contributed by atoms with E-state index in [0.717, 1.165) is 6.42 Å². The van der Waals surface area contributed by atoms with Gasteiger partial charge in [-0.25, -0.2) is 0 Å². The van der Waals surface area contributed by atoms with Crippen LogP contribution < -0.4 is 0 Å². The lowest BCUT2D eigenvalue weighted by Crippen LogP contribution is -1.93. The van der Waals surface area contributed by atoms with E-state index in [4.69, 9.17) is 5.26 Å². The molecule has 0 amide bonds. The molecule has 0 radical (unpaired) electrons. The van der Waals surface area contributed by atoms with Gasteiger partial charge in [0.25, 0.3) is 0 Å². The Labute approximate surface area is 69.3 Å². The number of nitrogens with zero attached hydrogens (tertiary/aromatic N) is 2. The number of fused-ring (bicyclic) bond motifs is 1. The van der Waals surface area contributed by atoms with Crippen LogP contribution in [0.5, 0.6) is 0 Å². The highest BCUT2D eigenvalue weighted by Crippen LogP contribution is 2.35. The molecule has 2 heterocycles. The molecule has 0 N–H and O–H groups in total. The summed E-state index contributed by atoms with van der Waals surface area (Å²) in [6.45, 7) is 0. The van der Waals surface area contributed by atoms with Gasteiger partial charge in [-0.05, 0) is 18.1 Å². The van der Waals surface area contributed by atoms with Crippen molar-refractivity contribution in [1.29, 1.82) is 5.26 Å². The molecule has 0 saturated carbocycles. The molecule has 1 atom stereocenters. The summed E-state index contributed by atoms with van der Waals surface area (Å²) in [5.41, 5.74) is 1.26. The third-order valence-corrected chi connectivity index (χ3v) is 2.87. The Morgan fingerprint density at radius 3 is 3.36 bits per heavy atom. The van der Waals surface area contributed by atoms with Gasteiger partial charge in [0.1, 0.15) is 5.25 Å². The highest BCUT2D eigenvalue weighted by atomic mass is 32.2. The fourth-order valence-corrected chi connectivity index (χ4v) is 2.20. The first kappa shape index (κ1) is 6.68. The maximum atomic E-state index is 8.65. The van der Waals surface area contributed by atoms with Gasteiger partial charge in [-0.2, -0.15) is 5.26 Å². The van der Waals surface area contributed by atoms with Gasteiger partial charge in [0.15, 0.2) is 0 Å². The van der Waals surface area contributed by atoms with Crippen LogP contribution >= 0.6 is 11.8 Å². The Balaban J connectivity index is 2.35. The molecule has 0 aliphatic carbocycles. The van der Waals surface area contributed by atoms with Crippen LogP contribution in [-0.4, -0.2) is 10.2 Å². The van der Waals surface area contributed by atoms with Crippen LogP contribution in [0.15, 0.2) is 23.4 Å². The highest BCUT2D eigenvalue weighted by molar-refractivity contribution is 8.00. The van der Waals surface area contributed by atoms with Gasteiger partial charge < -0.3 is 0 Å². The molecule has 2 nitrogen and oxygen atoms in total. The first-order valence-electron chi connectivity index (χ1n) is 3.39. The molecule has 1 aliphatic heterocycles. The van der Waals surface area contributed by atoms with Crippen molar-refractivity contribution in [3.05, 3.63) is 24.0 Å². The van der Waals surface area contributed by atoms with Gasteiger partial charge in [-0.3, -0.25) is 4.98 Å². The molecule has 1 aromatic heterocycles. The van der Waals surface area contributed by atoms with E-state index < -0.39 is 0 Å². The summed E-state index contributed by atoms with van der Waals surface area (Å²) >= 11 is 1.61. The van der Waals surface area contributed by atoms with Crippen LogP contribution in [0.2, 0.25) is 0 Å². The number of aromatic nitrogens is 1. The molecule has 1 aliphatic rings. The van der Waals surface area contributed by atoms with Crippen molar-refractivity contribution >= 4 is 11.8 Å². The summed E-state index contributed by atoms with van der Waals surface area (Å²) in [7, 11) is 0. The van der Waals surface area contributed by atoms with Gasteiger partial charge in [0.2, 0.25) is 0 Å². The summed E-state index contributed by atoms with van der Waals surface area (Å²) < 4.78 is 0. The SMILES string of the molecule is N#CC1Cc2ccncc2S1. The molecule has 0 aromatic carbocycles. The lowest BCUT2D eigenvalue weighted by atomic mass is 10.2. The largest absolute Gasteiger partial charge is 0.264 e. The lowest BCUT2D eigenvalue weighted by molar-refractivity contribution is 1.03. The van der Waals surface area contributed by atoms with E-state index in [1.165, 1.54) is 10.5 Å². The smallest absolute Gasteiger partial charge is 0.100 e. The van der Waals surface area contributed by atoms with Crippen molar-refractivity contribution in [3.63, 3.8) is 0 Å². The minimum absolute atomic E-state index is 0.106. The Morgan fingerprint density at radius 2 is 2.64 bits per heavy atom. The zero-order valence-electron chi connectivity index (χ0n) is 5.82. The first-order chi connectivity index (χ1) is 5.40. The van der Waals surface area contributed by atoms with Crippen LogP contribution in [0.4, 0.5) is 0 Å². The fraction of sp³-hybridized carbons (Fsp3) is 0.250. The number of hydrogen-bond acceptors (Lipinski definition) is 3. The quantitative estimate of drug-likeness (QED) is 0.581. The zero-order valence-corrected chi connectivity index (χ0v) is 6.64. The average Bonchev–Trinajstić information content (AvgIpc) is 2.46. The first-order valence-corrected chi connectivity index (χ1v) is 4.27. The van der Waals surface area contributed by atoms with Crippen LogP contribution in [0, 0.1) is 11.3 Å². The second kappa shape index (κ2) is 2.55. The minimum atomic E-state index is 0.106. The average molecular weight is 162 g/mol. The third kappa shape index (κ3) is 1.10. The lowest BCUT2D eigenvalue weighted by Gasteiger charge is -1.91. The molecule has 0 spiro atoms. The summed E-state index contributed by atoms with van der Waals surface area (Å²) in [6, 6.07) is 4.23. The van der Waals surface area contributed by atoms with E-state index in [1.807, 2.05) is 12.3 Å². The molecule has 3 heteroatoms. The van der Waals surface area contributed by atoms with Gasteiger partial charge in [-0.1, -0.05) is 0 Å². The van der Waals surface area contributed by atoms with E-state index in [1.54, 1.807) is 18.0 Å². The van der Waals surface area contributed by atoms with Crippen molar-refractivity contribution < 1.29 is 0 Å². The van der Waals surface area contributed by atoms with Gasteiger partial charge in [-0.15, -0.1) is 11.8 Å². The molecule has 0 saturated heterocycles. The van der Waals surface area contributed by atoms with Crippen molar-refractivity contribution in [1.82, 2.24) is 4.98 Å². The van der Waals surface area contributed by atoms with E-state index in [-0.39, 0.29) is 5.25 Å². The van der Waals surface area contributed by atoms with Crippen LogP contribution in [0.25, 0.3) is 0 Å². The number of pyridine rings is 1. The predicted molar refractivity (Wildman–Crippen MR) is 43.2 cm³/mol. The number of nitriles is 1. The van der Waals surface area contributed by atoms with E-state index in [2.05, 4.69) is 11.1 Å². The van der Waals surface area contributed by atoms with E-state index in [9.17, 15) is 0 Å². The molecule has 1 unspecified atom stereocenters. The summed E-state index contributed by atoms with van der Waals surface area (Å²) in [4.78, 5) is 5.16. The monoisotopic (exact) mass is 162 g/mol. The van der Waals surface area contributed by atoms with Crippen molar-refractivity contribution in [2.24, 2.45) is 0 Å². The van der Waals surface area contributed by atoms with Crippen molar-refractivity contribution in [2.45, 2.75) is 16.6 Å². The summed E-state index contributed by atoms with van der Waals surface area (Å²) in [5.74, 6) is 0. The van der Waals surface area contributed by atoms with Crippen molar-refractivity contribution in [2.75, 3.05) is 0 Å². The zero-order chi connectivity index (χ0) is 7.68. The van der Waals surface area contributed by atoms with Gasteiger partial charge >= 0.3 is 0 Å². The molecule has 0 fully saturated rings. The van der Waals surface area contributed by atoms with Crippen molar-refractivity contribution in [3.8, 4) is 6.07 Å². The standard InChI is InChI=1S/C8H6N2S/c9-4-7-3-6-1-2-10-5-8(6)11-7/h1-2,5,7H,3H2. The minimum Gasteiger partial charge on any atom is -0.264 e. The number of hydrogen-bond donors (Lipinski definition) is 0. The molecule has 1 aromatic rings. The normalized spacial score (nSPS) is 20.8. The fourth-order valence-electron chi connectivity index (χ4n) is 1.15. The Hall–Kier alpha value is -1.01. The van der Waals surface area contributed by atoms with Crippen LogP contribution in [0.3, 0.4) is 0 Å². The maximum Gasteiger partial charge on any atom is 0.100 e. The molecular weight excluding hydrogens is 156 g/mol. The molecule has 2 rings (SSSR count). The topological polar surface area (TPSA) is 36.7 Å². The number of rotatable bonds is 0. The van der Waals surface area contributed by atoms with E-state index in [0.29, 0.717) is 0 Å². The third-order valence-electron chi connectivity index (χ3n) is 1.69. The Bertz CT molecular complexity index is 291. The Kier molecular flexibility index (Phi) is 1.55. The molecular formula is C8H6N2S. The predicted octanol–water partition coefficient (Wildman–Crippen LogP) is 1.62. The maximum absolute atomic E-state index is 8.65. The van der Waals surface area contributed by atoms with Gasteiger partial charge in [0, 0.05) is 17.3 Å². The van der Waals surface area contributed by atoms with Gasteiger partial charge in [0.05, 0.1) is 6.07 Å². The number of thioether (sulfide) groups is 1. The summed E-state index contributed by atoms with van der Waals surface area (Å²) in [6.07, 6.45) is 4.48. The molecule has 0 bridgehead atoms. The van der Waals surface area contributed by atoms with E-state index >= 15 is 0 Å². The van der Waals surface area contributed by atoms with Crippen LogP contribution in [-0.2, 0) is 6.42 Å².